The molecule has 182 valence electrons. The second-order valence-electron chi connectivity index (χ2n) is 8.81. The molecule has 0 saturated heterocycles. The molecule has 0 unspecified atom stereocenters. The predicted molar refractivity (Wildman–Crippen MR) is 121 cm³/mol. The minimum Gasteiger partial charge on any atom is -0.493 e. The van der Waals surface area contributed by atoms with Crippen molar-refractivity contribution >= 4 is 11.9 Å². The van der Waals surface area contributed by atoms with Crippen molar-refractivity contribution in [3.63, 3.8) is 0 Å². The third kappa shape index (κ3) is 7.80. The Labute approximate surface area is 191 Å². The molecule has 1 aromatic rings. The van der Waals surface area contributed by atoms with Crippen LogP contribution in [0.3, 0.4) is 0 Å². The topological polar surface area (TPSA) is 89.5 Å². The first kappa shape index (κ1) is 27.4. The smallest absolute Gasteiger partial charge is 0.311 e. The summed E-state index contributed by atoms with van der Waals surface area (Å²) in [7, 11) is 5.89. The number of methoxy groups -OCH3 is 4. The highest BCUT2D eigenvalue weighted by Crippen LogP contribution is 2.40. The number of esters is 2. The first-order valence-corrected chi connectivity index (χ1v) is 10.7. The maximum Gasteiger partial charge on any atom is 0.311 e. The molecule has 0 fully saturated rings. The van der Waals surface area contributed by atoms with Gasteiger partial charge in [-0.25, -0.2) is 0 Å². The zero-order chi connectivity index (χ0) is 24.4. The SMILES string of the molecule is COC(=O)C(C)(C)CCCOc1cc(OC)c(OCCCC(C)(C)C(=O)OC)cc1OC. The third-order valence-corrected chi connectivity index (χ3v) is 5.33. The molecule has 0 heterocycles. The molecular weight excluding hydrogens is 416 g/mol. The Bertz CT molecular complexity index is 691. The van der Waals surface area contributed by atoms with E-state index < -0.39 is 10.8 Å². The highest BCUT2D eigenvalue weighted by Gasteiger charge is 2.29. The van der Waals surface area contributed by atoms with Crippen molar-refractivity contribution in [1.82, 2.24) is 0 Å². The second-order valence-corrected chi connectivity index (χ2v) is 8.81. The minimum atomic E-state index is -0.569. The molecule has 0 spiro atoms. The first-order valence-electron chi connectivity index (χ1n) is 10.7. The maximum atomic E-state index is 11.8. The zero-order valence-corrected chi connectivity index (χ0v) is 20.7. The average Bonchev–Trinajstić information content (AvgIpc) is 2.78. The van der Waals surface area contributed by atoms with E-state index in [2.05, 4.69) is 0 Å². The summed E-state index contributed by atoms with van der Waals surface area (Å²) in [5, 5.41) is 0. The van der Waals surface area contributed by atoms with Gasteiger partial charge in [0.15, 0.2) is 23.0 Å². The maximum absolute atomic E-state index is 11.8. The van der Waals surface area contributed by atoms with Gasteiger partial charge in [-0.15, -0.1) is 0 Å². The van der Waals surface area contributed by atoms with Crippen LogP contribution >= 0.6 is 0 Å². The number of rotatable bonds is 14. The summed E-state index contributed by atoms with van der Waals surface area (Å²) in [5.41, 5.74) is -1.14. The van der Waals surface area contributed by atoms with Crippen LogP contribution in [-0.2, 0) is 19.1 Å². The van der Waals surface area contributed by atoms with Crippen LogP contribution in [0.1, 0.15) is 53.4 Å². The van der Waals surface area contributed by atoms with E-state index in [4.69, 9.17) is 28.4 Å². The van der Waals surface area contributed by atoms with Gasteiger partial charge in [0.1, 0.15) is 0 Å². The summed E-state index contributed by atoms with van der Waals surface area (Å²) >= 11 is 0. The Hall–Kier alpha value is -2.64. The molecule has 0 amide bonds. The summed E-state index contributed by atoms with van der Waals surface area (Å²) in [5.74, 6) is 1.60. The van der Waals surface area contributed by atoms with Crippen LogP contribution in [-0.4, -0.2) is 53.6 Å². The quantitative estimate of drug-likeness (QED) is 0.301. The van der Waals surface area contributed by atoms with E-state index in [1.807, 2.05) is 27.7 Å². The van der Waals surface area contributed by atoms with Crippen LogP contribution in [0.15, 0.2) is 12.1 Å². The molecule has 0 aliphatic heterocycles. The van der Waals surface area contributed by atoms with Gasteiger partial charge in [0.25, 0.3) is 0 Å². The fraction of sp³-hybridized carbons (Fsp3) is 0.667. The second kappa shape index (κ2) is 12.4. The fourth-order valence-corrected chi connectivity index (χ4v) is 3.22. The molecule has 0 saturated carbocycles. The summed E-state index contributed by atoms with van der Waals surface area (Å²) < 4.78 is 32.3. The zero-order valence-electron chi connectivity index (χ0n) is 20.7. The molecule has 0 aromatic heterocycles. The molecule has 1 rings (SSSR count). The Morgan fingerprint density at radius 1 is 0.656 bits per heavy atom. The van der Waals surface area contributed by atoms with Crippen LogP contribution in [0, 0.1) is 10.8 Å². The molecule has 32 heavy (non-hydrogen) atoms. The van der Waals surface area contributed by atoms with Crippen molar-refractivity contribution in [2.75, 3.05) is 41.7 Å². The molecule has 1 aromatic carbocycles. The van der Waals surface area contributed by atoms with E-state index in [-0.39, 0.29) is 11.9 Å². The lowest BCUT2D eigenvalue weighted by Crippen LogP contribution is -2.26. The van der Waals surface area contributed by atoms with Gasteiger partial charge in [-0.05, 0) is 53.4 Å². The van der Waals surface area contributed by atoms with Crippen LogP contribution in [0.5, 0.6) is 23.0 Å². The number of carbonyl (C=O) groups excluding carboxylic acids is 2. The Kier molecular flexibility index (Phi) is 10.6. The lowest BCUT2D eigenvalue weighted by molar-refractivity contribution is -0.152. The predicted octanol–water partition coefficient (Wildman–Crippen LogP) is 4.42. The number of carbonyl (C=O) groups is 2. The normalized spacial score (nSPS) is 11.5. The van der Waals surface area contributed by atoms with Crippen LogP contribution < -0.4 is 18.9 Å². The number of ether oxygens (including phenoxy) is 6. The van der Waals surface area contributed by atoms with E-state index in [0.717, 1.165) is 0 Å². The van der Waals surface area contributed by atoms with Crippen LogP contribution in [0.4, 0.5) is 0 Å². The first-order chi connectivity index (χ1) is 15.0. The van der Waals surface area contributed by atoms with Gasteiger partial charge in [-0.3, -0.25) is 9.59 Å². The molecule has 0 radical (unpaired) electrons. The van der Waals surface area contributed by atoms with Gasteiger partial charge in [0.05, 0.1) is 52.5 Å². The van der Waals surface area contributed by atoms with Gasteiger partial charge in [-0.1, -0.05) is 0 Å². The highest BCUT2D eigenvalue weighted by atomic mass is 16.5. The van der Waals surface area contributed by atoms with E-state index in [9.17, 15) is 9.59 Å². The third-order valence-electron chi connectivity index (χ3n) is 5.33. The minimum absolute atomic E-state index is 0.242. The van der Waals surface area contributed by atoms with Crippen LogP contribution in [0.2, 0.25) is 0 Å². The Morgan fingerprint density at radius 2 is 1.00 bits per heavy atom. The molecule has 0 N–H and O–H groups in total. The van der Waals surface area contributed by atoms with Crippen molar-refractivity contribution in [2.24, 2.45) is 10.8 Å². The largest absolute Gasteiger partial charge is 0.493 e. The fourth-order valence-electron chi connectivity index (χ4n) is 3.22. The Balaban J connectivity index is 2.72. The van der Waals surface area contributed by atoms with Crippen LogP contribution in [0.25, 0.3) is 0 Å². The highest BCUT2D eigenvalue weighted by molar-refractivity contribution is 5.76. The van der Waals surface area contributed by atoms with E-state index >= 15 is 0 Å². The molecule has 0 aliphatic rings. The van der Waals surface area contributed by atoms with Crippen molar-refractivity contribution < 1.29 is 38.0 Å². The molecule has 0 aliphatic carbocycles. The number of benzene rings is 1. The monoisotopic (exact) mass is 454 g/mol. The molecule has 0 bridgehead atoms. The van der Waals surface area contributed by atoms with Crippen molar-refractivity contribution in [3.8, 4) is 23.0 Å². The standard InChI is InChI=1S/C24H38O8/c1-23(2,21(25)29-7)11-9-13-31-19-15-18(28-6)20(16-17(19)27-5)32-14-10-12-24(3,4)22(26)30-8/h15-16H,9-14H2,1-8H3. The summed E-state index contributed by atoms with van der Waals surface area (Å²) in [6.45, 7) is 8.20. The molecule has 8 nitrogen and oxygen atoms in total. The Morgan fingerprint density at radius 3 is 1.28 bits per heavy atom. The molecular formula is C24H38O8. The van der Waals surface area contributed by atoms with E-state index in [0.29, 0.717) is 61.9 Å². The lowest BCUT2D eigenvalue weighted by atomic mass is 9.88. The van der Waals surface area contributed by atoms with Gasteiger partial charge in [0.2, 0.25) is 0 Å². The van der Waals surface area contributed by atoms with Gasteiger partial charge in [-0.2, -0.15) is 0 Å². The number of hydrogen-bond acceptors (Lipinski definition) is 8. The van der Waals surface area contributed by atoms with E-state index in [1.54, 1.807) is 26.4 Å². The summed E-state index contributed by atoms with van der Waals surface area (Å²) in [6.07, 6.45) is 2.59. The van der Waals surface area contributed by atoms with E-state index in [1.165, 1.54) is 14.2 Å². The molecule has 8 heteroatoms. The van der Waals surface area contributed by atoms with Gasteiger partial charge in [0, 0.05) is 12.1 Å². The van der Waals surface area contributed by atoms with Crippen molar-refractivity contribution in [1.29, 1.82) is 0 Å². The van der Waals surface area contributed by atoms with Gasteiger partial charge < -0.3 is 28.4 Å². The number of hydrogen-bond donors (Lipinski definition) is 0. The summed E-state index contributed by atoms with van der Waals surface area (Å²) in [4.78, 5) is 23.6. The van der Waals surface area contributed by atoms with Gasteiger partial charge >= 0.3 is 11.9 Å². The lowest BCUT2D eigenvalue weighted by Gasteiger charge is -2.22. The van der Waals surface area contributed by atoms with Crippen molar-refractivity contribution in [2.45, 2.75) is 53.4 Å². The van der Waals surface area contributed by atoms with Crippen molar-refractivity contribution in [3.05, 3.63) is 12.1 Å². The summed E-state index contributed by atoms with van der Waals surface area (Å²) in [6, 6.07) is 3.44. The average molecular weight is 455 g/mol. The molecule has 0 atom stereocenters.